The Kier molecular flexibility index (Phi) is 2.91. The summed E-state index contributed by atoms with van der Waals surface area (Å²) >= 11 is 5.23. The van der Waals surface area contributed by atoms with E-state index in [9.17, 15) is 8.78 Å². The zero-order chi connectivity index (χ0) is 13.4. The van der Waals surface area contributed by atoms with Gasteiger partial charge in [0.05, 0.1) is 17.6 Å². The smallest absolute Gasteiger partial charge is 0.178 e. The van der Waals surface area contributed by atoms with Crippen LogP contribution >= 0.6 is 12.2 Å². The number of imidazole rings is 1. The second-order valence-corrected chi connectivity index (χ2v) is 4.69. The molecule has 1 heterocycles. The molecule has 0 aliphatic heterocycles. The van der Waals surface area contributed by atoms with Gasteiger partial charge in [-0.2, -0.15) is 0 Å². The highest BCUT2D eigenvalue weighted by Crippen LogP contribution is 2.17. The van der Waals surface area contributed by atoms with Gasteiger partial charge in [-0.3, -0.25) is 0 Å². The van der Waals surface area contributed by atoms with Gasteiger partial charge in [-0.05, 0) is 48.1 Å². The summed E-state index contributed by atoms with van der Waals surface area (Å²) in [4.78, 5) is 3.02. The topological polar surface area (TPSA) is 20.7 Å². The van der Waals surface area contributed by atoms with Gasteiger partial charge in [0, 0.05) is 0 Å². The zero-order valence-corrected chi connectivity index (χ0v) is 10.7. The first-order valence-corrected chi connectivity index (χ1v) is 6.17. The van der Waals surface area contributed by atoms with Crippen LogP contribution in [0.4, 0.5) is 8.78 Å². The second-order valence-electron chi connectivity index (χ2n) is 4.30. The molecule has 0 aliphatic rings. The van der Waals surface area contributed by atoms with Gasteiger partial charge < -0.3 is 9.55 Å². The van der Waals surface area contributed by atoms with E-state index in [1.165, 1.54) is 24.3 Å². The fraction of sp³-hybridized carbons (Fsp3) is 0.0714. The molecular formula is C14H10F2N2S. The Balaban J connectivity index is 2.09. The molecular weight excluding hydrogens is 266 g/mol. The molecule has 0 aliphatic carbocycles. The van der Waals surface area contributed by atoms with E-state index in [0.29, 0.717) is 16.8 Å². The molecule has 2 nitrogen and oxygen atoms in total. The third-order valence-electron chi connectivity index (χ3n) is 2.99. The number of benzene rings is 2. The number of fused-ring (bicyclic) bond motifs is 1. The maximum absolute atomic E-state index is 13.3. The second kappa shape index (κ2) is 4.59. The number of rotatable bonds is 2. The molecule has 0 saturated heterocycles. The number of halogens is 2. The number of nitrogens with zero attached hydrogens (tertiary/aromatic N) is 1. The van der Waals surface area contributed by atoms with Crippen LogP contribution in [0.1, 0.15) is 5.56 Å². The van der Waals surface area contributed by atoms with Gasteiger partial charge in [0.25, 0.3) is 0 Å². The lowest BCUT2D eigenvalue weighted by Crippen LogP contribution is -1.99. The molecule has 0 fully saturated rings. The predicted molar refractivity (Wildman–Crippen MR) is 72.6 cm³/mol. The summed E-state index contributed by atoms with van der Waals surface area (Å²) in [5.41, 5.74) is 2.39. The molecule has 3 aromatic rings. The Morgan fingerprint density at radius 2 is 1.68 bits per heavy atom. The van der Waals surface area contributed by atoms with Crippen LogP contribution in [0.5, 0.6) is 0 Å². The van der Waals surface area contributed by atoms with Gasteiger partial charge in [-0.15, -0.1) is 0 Å². The molecule has 96 valence electrons. The van der Waals surface area contributed by atoms with E-state index in [2.05, 4.69) is 4.98 Å². The maximum Gasteiger partial charge on any atom is 0.178 e. The summed E-state index contributed by atoms with van der Waals surface area (Å²) in [6.07, 6.45) is 0. The lowest BCUT2D eigenvalue weighted by Gasteiger charge is -2.05. The van der Waals surface area contributed by atoms with Crippen molar-refractivity contribution in [2.45, 2.75) is 6.54 Å². The van der Waals surface area contributed by atoms with Gasteiger partial charge in [0.15, 0.2) is 4.77 Å². The lowest BCUT2D eigenvalue weighted by molar-refractivity contribution is 0.626. The molecule has 2 aromatic carbocycles. The van der Waals surface area contributed by atoms with Gasteiger partial charge in [0.1, 0.15) is 11.6 Å². The fourth-order valence-electron chi connectivity index (χ4n) is 2.06. The Bertz CT molecular complexity index is 787. The van der Waals surface area contributed by atoms with Gasteiger partial charge >= 0.3 is 0 Å². The fourth-order valence-corrected chi connectivity index (χ4v) is 2.33. The van der Waals surface area contributed by atoms with Crippen molar-refractivity contribution in [3.8, 4) is 0 Å². The van der Waals surface area contributed by atoms with Crippen LogP contribution in [0.2, 0.25) is 0 Å². The lowest BCUT2D eigenvalue weighted by atomic mass is 10.2. The zero-order valence-electron chi connectivity index (χ0n) is 9.86. The summed E-state index contributed by atoms with van der Waals surface area (Å²) in [6, 6.07) is 10.6. The van der Waals surface area contributed by atoms with Crippen LogP contribution in [0.3, 0.4) is 0 Å². The molecule has 1 N–H and O–H groups in total. The number of hydrogen-bond donors (Lipinski definition) is 1. The normalized spacial score (nSPS) is 11.1. The van der Waals surface area contributed by atoms with E-state index in [1.54, 1.807) is 22.8 Å². The number of hydrogen-bond acceptors (Lipinski definition) is 1. The maximum atomic E-state index is 13.3. The van der Waals surface area contributed by atoms with Crippen LogP contribution in [0, 0.1) is 16.4 Å². The predicted octanol–water partition coefficient (Wildman–Crippen LogP) is 4.03. The van der Waals surface area contributed by atoms with Crippen molar-refractivity contribution < 1.29 is 8.78 Å². The minimum Gasteiger partial charge on any atom is -0.331 e. The number of H-pyrrole nitrogens is 1. The molecule has 19 heavy (non-hydrogen) atoms. The summed E-state index contributed by atoms with van der Waals surface area (Å²) in [6.45, 7) is 0.475. The number of aromatic nitrogens is 2. The standard InChI is InChI=1S/C14H10F2N2S/c15-10-3-1-9(2-4-10)8-18-13-7-11(16)5-6-12(13)17-14(18)19/h1-7H,8H2,(H,17,19). The van der Waals surface area contributed by atoms with Crippen molar-refractivity contribution in [2.24, 2.45) is 0 Å². The summed E-state index contributed by atoms with van der Waals surface area (Å²) in [5, 5.41) is 0. The molecule has 5 heteroatoms. The molecule has 0 bridgehead atoms. The van der Waals surface area contributed by atoms with E-state index in [1.807, 2.05) is 0 Å². The third-order valence-corrected chi connectivity index (χ3v) is 3.31. The SMILES string of the molecule is Fc1ccc(Cn2c(=S)[nH]c3ccc(F)cc32)cc1. The number of aromatic amines is 1. The minimum atomic E-state index is -0.311. The Morgan fingerprint density at radius 1 is 1.00 bits per heavy atom. The molecule has 0 radical (unpaired) electrons. The van der Waals surface area contributed by atoms with Crippen LogP contribution in [-0.4, -0.2) is 9.55 Å². The third kappa shape index (κ3) is 2.29. The Labute approximate surface area is 113 Å². The molecule has 0 saturated carbocycles. The molecule has 3 rings (SSSR count). The van der Waals surface area contributed by atoms with Crippen molar-refractivity contribution in [3.63, 3.8) is 0 Å². The van der Waals surface area contributed by atoms with E-state index in [0.717, 1.165) is 11.1 Å². The molecule has 0 atom stereocenters. The van der Waals surface area contributed by atoms with Crippen molar-refractivity contribution in [2.75, 3.05) is 0 Å². The Hall–Kier alpha value is -2.01. The van der Waals surface area contributed by atoms with Crippen molar-refractivity contribution >= 4 is 23.3 Å². The minimum absolute atomic E-state index is 0.280. The monoisotopic (exact) mass is 276 g/mol. The van der Waals surface area contributed by atoms with Crippen molar-refractivity contribution in [3.05, 3.63) is 64.4 Å². The average molecular weight is 276 g/mol. The van der Waals surface area contributed by atoms with E-state index >= 15 is 0 Å². The number of nitrogens with one attached hydrogen (secondary N) is 1. The van der Waals surface area contributed by atoms with Gasteiger partial charge in [-0.25, -0.2) is 8.78 Å². The van der Waals surface area contributed by atoms with E-state index in [4.69, 9.17) is 12.2 Å². The highest BCUT2D eigenvalue weighted by molar-refractivity contribution is 7.71. The van der Waals surface area contributed by atoms with Crippen LogP contribution < -0.4 is 0 Å². The average Bonchev–Trinajstić information content (AvgIpc) is 2.69. The highest BCUT2D eigenvalue weighted by atomic mass is 32.1. The first kappa shape index (κ1) is 12.0. The van der Waals surface area contributed by atoms with Crippen LogP contribution in [0.15, 0.2) is 42.5 Å². The first-order chi connectivity index (χ1) is 9.13. The molecule has 0 spiro atoms. The van der Waals surface area contributed by atoms with Gasteiger partial charge in [0.2, 0.25) is 0 Å². The highest BCUT2D eigenvalue weighted by Gasteiger charge is 2.06. The summed E-state index contributed by atoms with van der Waals surface area (Å²) < 4.78 is 28.5. The van der Waals surface area contributed by atoms with Crippen molar-refractivity contribution in [1.82, 2.24) is 9.55 Å². The van der Waals surface area contributed by atoms with Crippen molar-refractivity contribution in [1.29, 1.82) is 0 Å². The van der Waals surface area contributed by atoms with Gasteiger partial charge in [-0.1, -0.05) is 12.1 Å². The van der Waals surface area contributed by atoms with Crippen LogP contribution in [-0.2, 0) is 6.54 Å². The first-order valence-electron chi connectivity index (χ1n) is 5.76. The molecule has 0 amide bonds. The summed E-state index contributed by atoms with van der Waals surface area (Å²) in [5.74, 6) is -0.591. The van der Waals surface area contributed by atoms with E-state index in [-0.39, 0.29) is 11.6 Å². The quantitative estimate of drug-likeness (QED) is 0.701. The Morgan fingerprint density at radius 3 is 2.42 bits per heavy atom. The largest absolute Gasteiger partial charge is 0.331 e. The summed E-state index contributed by atoms with van der Waals surface area (Å²) in [7, 11) is 0. The molecule has 1 aromatic heterocycles. The molecule has 0 unspecified atom stereocenters. The van der Waals surface area contributed by atoms with Crippen LogP contribution in [0.25, 0.3) is 11.0 Å². The van der Waals surface area contributed by atoms with E-state index < -0.39 is 0 Å².